The third kappa shape index (κ3) is 3.79. The van der Waals surface area contributed by atoms with E-state index in [1.807, 2.05) is 19.1 Å². The molecular formula is C22H24N4O3S2. The lowest BCUT2D eigenvalue weighted by molar-refractivity contribution is -0.123. The number of nitrogens with zero attached hydrogens (tertiary/aromatic N) is 4. The van der Waals surface area contributed by atoms with Gasteiger partial charge >= 0.3 is 0 Å². The summed E-state index contributed by atoms with van der Waals surface area (Å²) in [4.78, 5) is 35.7. The van der Waals surface area contributed by atoms with Crippen molar-refractivity contribution >= 4 is 51.7 Å². The van der Waals surface area contributed by atoms with Gasteiger partial charge in [0.1, 0.15) is 15.8 Å². The molecule has 3 saturated heterocycles. The number of aromatic nitrogens is 2. The van der Waals surface area contributed by atoms with Gasteiger partial charge in [-0.15, -0.1) is 0 Å². The lowest BCUT2D eigenvalue weighted by atomic mass is 10.2. The van der Waals surface area contributed by atoms with Crippen LogP contribution in [0.2, 0.25) is 0 Å². The predicted molar refractivity (Wildman–Crippen MR) is 126 cm³/mol. The van der Waals surface area contributed by atoms with Crippen molar-refractivity contribution in [3.8, 4) is 0 Å². The Hall–Kier alpha value is -2.23. The maximum absolute atomic E-state index is 13.5. The average molecular weight is 457 g/mol. The summed E-state index contributed by atoms with van der Waals surface area (Å²) in [6.07, 6.45) is 7.52. The number of fused-ring (bicyclic) bond motifs is 1. The van der Waals surface area contributed by atoms with Crippen molar-refractivity contribution in [2.24, 2.45) is 0 Å². The molecule has 7 nitrogen and oxygen atoms in total. The predicted octanol–water partition coefficient (Wildman–Crippen LogP) is 2.98. The Morgan fingerprint density at radius 1 is 1.29 bits per heavy atom. The van der Waals surface area contributed by atoms with E-state index in [2.05, 4.69) is 4.90 Å². The summed E-state index contributed by atoms with van der Waals surface area (Å²) >= 11 is 6.72. The first-order valence-corrected chi connectivity index (χ1v) is 11.9. The summed E-state index contributed by atoms with van der Waals surface area (Å²) in [6.45, 7) is 4.86. The lowest BCUT2D eigenvalue weighted by Crippen LogP contribution is -2.35. The Kier molecular flexibility index (Phi) is 5.58. The zero-order valence-corrected chi connectivity index (χ0v) is 19.0. The van der Waals surface area contributed by atoms with E-state index in [1.54, 1.807) is 21.6 Å². The van der Waals surface area contributed by atoms with Crippen molar-refractivity contribution in [3.63, 3.8) is 0 Å². The molecule has 1 amide bonds. The molecule has 5 heterocycles. The van der Waals surface area contributed by atoms with Gasteiger partial charge in [-0.1, -0.05) is 30.0 Å². The molecule has 0 N–H and O–H groups in total. The van der Waals surface area contributed by atoms with Gasteiger partial charge < -0.3 is 9.64 Å². The smallest absolute Gasteiger partial charge is 0.267 e. The second kappa shape index (κ2) is 8.37. The molecule has 0 spiro atoms. The molecule has 31 heavy (non-hydrogen) atoms. The summed E-state index contributed by atoms with van der Waals surface area (Å²) < 4.78 is 7.75. The monoisotopic (exact) mass is 456 g/mol. The van der Waals surface area contributed by atoms with E-state index in [1.165, 1.54) is 11.8 Å². The molecule has 0 saturated carbocycles. The highest BCUT2D eigenvalue weighted by atomic mass is 32.2. The highest BCUT2D eigenvalue weighted by molar-refractivity contribution is 8.26. The van der Waals surface area contributed by atoms with Crippen LogP contribution in [0.1, 0.15) is 36.8 Å². The fourth-order valence-electron chi connectivity index (χ4n) is 4.38. The molecule has 5 rings (SSSR count). The Bertz CT molecular complexity index is 1150. The third-order valence-corrected chi connectivity index (χ3v) is 7.41. The first-order chi connectivity index (χ1) is 15.0. The van der Waals surface area contributed by atoms with Crippen molar-refractivity contribution < 1.29 is 9.53 Å². The Labute approximate surface area is 190 Å². The van der Waals surface area contributed by atoms with Crippen LogP contribution in [0.4, 0.5) is 5.82 Å². The molecule has 0 aliphatic carbocycles. The first kappa shape index (κ1) is 20.7. The largest absolute Gasteiger partial charge is 0.376 e. The van der Waals surface area contributed by atoms with E-state index in [4.69, 9.17) is 21.9 Å². The Morgan fingerprint density at radius 2 is 2.10 bits per heavy atom. The molecule has 1 atom stereocenters. The summed E-state index contributed by atoms with van der Waals surface area (Å²) in [5, 5.41) is 0. The minimum Gasteiger partial charge on any atom is -0.376 e. The van der Waals surface area contributed by atoms with Crippen LogP contribution >= 0.6 is 24.0 Å². The molecule has 2 aromatic heterocycles. The van der Waals surface area contributed by atoms with Crippen LogP contribution in [-0.2, 0) is 9.53 Å². The van der Waals surface area contributed by atoms with Crippen LogP contribution < -0.4 is 10.5 Å². The molecule has 0 bridgehead atoms. The zero-order valence-electron chi connectivity index (χ0n) is 17.4. The van der Waals surface area contributed by atoms with Gasteiger partial charge in [0.05, 0.1) is 23.1 Å². The fraction of sp³-hybridized carbons (Fsp3) is 0.455. The quantitative estimate of drug-likeness (QED) is 0.518. The number of ether oxygens (including phenoxy) is 1. The van der Waals surface area contributed by atoms with Gasteiger partial charge in [0.25, 0.3) is 11.5 Å². The van der Waals surface area contributed by atoms with Gasteiger partial charge in [0.15, 0.2) is 0 Å². The molecule has 0 radical (unpaired) electrons. The Morgan fingerprint density at radius 3 is 2.84 bits per heavy atom. The SMILES string of the molecule is Cc1cccn2c(=O)c(/C=C3/SC(=S)N(C[C@@H]4CCCO4)C3=O)c(N3CCCC3)nc12. The number of hydrogen-bond acceptors (Lipinski definition) is 7. The number of carbonyl (C=O) groups excluding carboxylic acids is 1. The van der Waals surface area contributed by atoms with Crippen molar-refractivity contribution in [1.82, 2.24) is 14.3 Å². The van der Waals surface area contributed by atoms with E-state index < -0.39 is 0 Å². The summed E-state index contributed by atoms with van der Waals surface area (Å²) in [5.74, 6) is 0.493. The molecule has 3 aliphatic rings. The van der Waals surface area contributed by atoms with Gasteiger partial charge in [0, 0.05) is 25.9 Å². The normalized spacial score (nSPS) is 23.1. The lowest BCUT2D eigenvalue weighted by Gasteiger charge is -2.20. The standard InChI is InChI=1S/C22H24N4O3S2/c1-14-6-4-10-25-18(14)23-19(24-8-2-3-9-24)16(20(25)27)12-17-21(28)26(22(30)31-17)13-15-7-5-11-29-15/h4,6,10,12,15H,2-3,5,7-9,11,13H2,1H3/b17-12+/t15-/m0/s1. The number of hydrogen-bond donors (Lipinski definition) is 0. The van der Waals surface area contributed by atoms with Crippen LogP contribution in [0.25, 0.3) is 11.7 Å². The van der Waals surface area contributed by atoms with Crippen LogP contribution in [-0.4, -0.2) is 56.9 Å². The third-order valence-electron chi connectivity index (χ3n) is 6.03. The van der Waals surface area contributed by atoms with Crippen molar-refractivity contribution in [3.05, 3.63) is 44.7 Å². The van der Waals surface area contributed by atoms with Crippen LogP contribution in [0, 0.1) is 6.92 Å². The van der Waals surface area contributed by atoms with E-state index in [0.29, 0.717) is 32.8 Å². The summed E-state index contributed by atoms with van der Waals surface area (Å²) in [7, 11) is 0. The summed E-state index contributed by atoms with van der Waals surface area (Å²) in [6, 6.07) is 3.79. The number of thioether (sulfide) groups is 1. The van der Waals surface area contributed by atoms with Crippen LogP contribution in [0.3, 0.4) is 0 Å². The first-order valence-electron chi connectivity index (χ1n) is 10.7. The molecule has 0 unspecified atom stereocenters. The van der Waals surface area contributed by atoms with E-state index in [0.717, 1.165) is 50.9 Å². The number of amides is 1. The number of rotatable bonds is 4. The highest BCUT2D eigenvalue weighted by Crippen LogP contribution is 2.34. The summed E-state index contributed by atoms with van der Waals surface area (Å²) in [5.41, 5.74) is 1.87. The molecule has 2 aromatic rings. The van der Waals surface area contributed by atoms with E-state index in [-0.39, 0.29) is 17.6 Å². The average Bonchev–Trinajstić information content (AvgIpc) is 3.51. The molecule has 3 fully saturated rings. The number of thiocarbonyl (C=S) groups is 1. The Balaban J connectivity index is 1.57. The number of aryl methyl sites for hydroxylation is 1. The van der Waals surface area contributed by atoms with Gasteiger partial charge in [0.2, 0.25) is 0 Å². The fourth-order valence-corrected chi connectivity index (χ4v) is 5.63. The number of anilines is 1. The highest BCUT2D eigenvalue weighted by Gasteiger charge is 2.35. The second-order valence-corrected chi connectivity index (χ2v) is 9.84. The van der Waals surface area contributed by atoms with Gasteiger partial charge in [-0.3, -0.25) is 18.9 Å². The minimum atomic E-state index is -0.167. The molecule has 3 aliphatic heterocycles. The van der Waals surface area contributed by atoms with Crippen molar-refractivity contribution in [2.75, 3.05) is 31.1 Å². The van der Waals surface area contributed by atoms with Crippen LogP contribution in [0.5, 0.6) is 0 Å². The van der Waals surface area contributed by atoms with Gasteiger partial charge in [-0.05, 0) is 50.3 Å². The van der Waals surface area contributed by atoms with E-state index >= 15 is 0 Å². The van der Waals surface area contributed by atoms with Crippen molar-refractivity contribution in [2.45, 2.75) is 38.7 Å². The van der Waals surface area contributed by atoms with Gasteiger partial charge in [-0.25, -0.2) is 4.98 Å². The number of carbonyl (C=O) groups is 1. The molecule has 162 valence electrons. The number of pyridine rings is 1. The molecular weight excluding hydrogens is 432 g/mol. The van der Waals surface area contributed by atoms with Gasteiger partial charge in [-0.2, -0.15) is 0 Å². The van der Waals surface area contributed by atoms with E-state index in [9.17, 15) is 9.59 Å². The minimum absolute atomic E-state index is 0.0259. The second-order valence-electron chi connectivity index (χ2n) is 8.16. The van der Waals surface area contributed by atoms with Crippen LogP contribution in [0.15, 0.2) is 28.0 Å². The topological polar surface area (TPSA) is 67.2 Å². The maximum atomic E-state index is 13.5. The zero-order chi connectivity index (χ0) is 21.5. The van der Waals surface area contributed by atoms with Crippen molar-refractivity contribution in [1.29, 1.82) is 0 Å². The molecule has 9 heteroatoms. The maximum Gasteiger partial charge on any atom is 0.267 e. The molecule has 0 aromatic carbocycles.